The van der Waals surface area contributed by atoms with E-state index in [2.05, 4.69) is 20.8 Å². The molecule has 78 valence electrons. The number of hydrogen-bond acceptors (Lipinski definition) is 1. The van der Waals surface area contributed by atoms with E-state index < -0.39 is 0 Å². The van der Waals surface area contributed by atoms with Gasteiger partial charge in [0, 0.05) is 5.92 Å². The summed E-state index contributed by atoms with van der Waals surface area (Å²) in [7, 11) is 0. The van der Waals surface area contributed by atoms with E-state index in [1.807, 2.05) is 6.08 Å². The lowest BCUT2D eigenvalue weighted by molar-refractivity contribution is -0.120. The molecule has 0 saturated heterocycles. The second-order valence-corrected chi connectivity index (χ2v) is 5.31. The highest BCUT2D eigenvalue weighted by Gasteiger charge is 2.40. The molecule has 0 N–H and O–H groups in total. The van der Waals surface area contributed by atoms with Crippen LogP contribution >= 0.6 is 0 Å². The van der Waals surface area contributed by atoms with Gasteiger partial charge >= 0.3 is 0 Å². The van der Waals surface area contributed by atoms with Crippen molar-refractivity contribution < 1.29 is 4.79 Å². The smallest absolute Gasteiger partial charge is 0.159 e. The van der Waals surface area contributed by atoms with Gasteiger partial charge in [0.05, 0.1) is 0 Å². The number of fused-ring (bicyclic) bond motifs is 1. The van der Waals surface area contributed by atoms with Crippen molar-refractivity contribution in [2.75, 3.05) is 0 Å². The first-order valence-corrected chi connectivity index (χ1v) is 5.84. The van der Waals surface area contributed by atoms with Gasteiger partial charge in [-0.3, -0.25) is 4.79 Å². The van der Waals surface area contributed by atoms with Crippen LogP contribution in [0.15, 0.2) is 11.6 Å². The standard InChI is InChI=1S/C13H20O/c1-8(2)10-6-12-9(3)4-5-11(12)13(14)7-10/h7-9,11-12H,4-6H2,1-3H3/t9-,11+,12-/m0/s1. The predicted molar refractivity (Wildman–Crippen MR) is 57.9 cm³/mol. The number of rotatable bonds is 1. The maximum Gasteiger partial charge on any atom is 0.159 e. The Morgan fingerprint density at radius 2 is 2.07 bits per heavy atom. The number of hydrogen-bond donors (Lipinski definition) is 0. The molecule has 2 aliphatic carbocycles. The van der Waals surface area contributed by atoms with Crippen LogP contribution in [0.5, 0.6) is 0 Å². The van der Waals surface area contributed by atoms with Gasteiger partial charge in [-0.15, -0.1) is 0 Å². The lowest BCUT2D eigenvalue weighted by Gasteiger charge is -2.28. The molecule has 0 aromatic carbocycles. The van der Waals surface area contributed by atoms with Crippen LogP contribution in [0.3, 0.4) is 0 Å². The quantitative estimate of drug-likeness (QED) is 0.623. The fourth-order valence-corrected chi connectivity index (χ4v) is 2.99. The molecule has 0 heterocycles. The number of carbonyl (C=O) groups is 1. The van der Waals surface area contributed by atoms with Gasteiger partial charge in [0.15, 0.2) is 5.78 Å². The average molecular weight is 192 g/mol. The summed E-state index contributed by atoms with van der Waals surface area (Å²) in [4.78, 5) is 11.9. The zero-order valence-corrected chi connectivity index (χ0v) is 9.42. The van der Waals surface area contributed by atoms with Gasteiger partial charge < -0.3 is 0 Å². The van der Waals surface area contributed by atoms with Crippen LogP contribution in [-0.2, 0) is 4.79 Å². The van der Waals surface area contributed by atoms with E-state index in [0.29, 0.717) is 23.5 Å². The van der Waals surface area contributed by atoms with Crippen molar-refractivity contribution in [2.45, 2.75) is 40.0 Å². The Labute approximate surface area is 86.6 Å². The summed E-state index contributed by atoms with van der Waals surface area (Å²) in [5, 5.41) is 0. The predicted octanol–water partition coefficient (Wildman–Crippen LogP) is 3.20. The van der Waals surface area contributed by atoms with E-state index in [4.69, 9.17) is 0 Å². The molecule has 2 rings (SSSR count). The van der Waals surface area contributed by atoms with E-state index in [0.717, 1.165) is 12.3 Å². The maximum absolute atomic E-state index is 11.9. The molecule has 2 aliphatic rings. The maximum atomic E-state index is 11.9. The van der Waals surface area contributed by atoms with Crippen LogP contribution in [0.4, 0.5) is 0 Å². The third-order valence-corrected chi connectivity index (χ3v) is 4.09. The Kier molecular flexibility index (Phi) is 2.50. The van der Waals surface area contributed by atoms with Gasteiger partial charge in [0.1, 0.15) is 0 Å². The van der Waals surface area contributed by atoms with Gasteiger partial charge in [-0.25, -0.2) is 0 Å². The van der Waals surface area contributed by atoms with Crippen molar-refractivity contribution in [3.8, 4) is 0 Å². The second kappa shape index (κ2) is 3.52. The molecule has 0 amide bonds. The lowest BCUT2D eigenvalue weighted by atomic mass is 9.75. The summed E-state index contributed by atoms with van der Waals surface area (Å²) >= 11 is 0. The van der Waals surface area contributed by atoms with Crippen molar-refractivity contribution in [3.63, 3.8) is 0 Å². The van der Waals surface area contributed by atoms with Crippen LogP contribution in [0.1, 0.15) is 40.0 Å². The Morgan fingerprint density at radius 3 is 2.71 bits per heavy atom. The Balaban J connectivity index is 2.22. The molecule has 1 fully saturated rings. The molecule has 0 aliphatic heterocycles. The van der Waals surface area contributed by atoms with E-state index in [1.165, 1.54) is 18.4 Å². The molecule has 0 aromatic heterocycles. The highest BCUT2D eigenvalue weighted by molar-refractivity contribution is 5.93. The molecule has 0 aromatic rings. The van der Waals surface area contributed by atoms with Gasteiger partial charge in [0.25, 0.3) is 0 Å². The van der Waals surface area contributed by atoms with Crippen molar-refractivity contribution in [2.24, 2.45) is 23.7 Å². The van der Waals surface area contributed by atoms with Gasteiger partial charge in [-0.05, 0) is 43.1 Å². The Bertz CT molecular complexity index is 275. The Morgan fingerprint density at radius 1 is 1.36 bits per heavy atom. The molecule has 0 unspecified atom stereocenters. The fourth-order valence-electron chi connectivity index (χ4n) is 2.99. The molecule has 14 heavy (non-hydrogen) atoms. The van der Waals surface area contributed by atoms with Gasteiger partial charge in [0.2, 0.25) is 0 Å². The minimum atomic E-state index is 0.368. The number of ketones is 1. The summed E-state index contributed by atoms with van der Waals surface area (Å²) in [5.74, 6) is 2.74. The summed E-state index contributed by atoms with van der Waals surface area (Å²) in [6, 6.07) is 0. The zero-order valence-electron chi connectivity index (χ0n) is 9.42. The molecule has 0 bridgehead atoms. The van der Waals surface area contributed by atoms with Crippen molar-refractivity contribution in [1.82, 2.24) is 0 Å². The van der Waals surface area contributed by atoms with E-state index in [-0.39, 0.29) is 0 Å². The average Bonchev–Trinajstić information content (AvgIpc) is 2.48. The lowest BCUT2D eigenvalue weighted by Crippen LogP contribution is -2.26. The van der Waals surface area contributed by atoms with Crippen LogP contribution in [0.25, 0.3) is 0 Å². The van der Waals surface area contributed by atoms with Crippen LogP contribution in [0, 0.1) is 23.7 Å². The molecule has 3 atom stereocenters. The third-order valence-electron chi connectivity index (χ3n) is 4.09. The van der Waals surface area contributed by atoms with Crippen LogP contribution < -0.4 is 0 Å². The number of allylic oxidation sites excluding steroid dienone is 2. The topological polar surface area (TPSA) is 17.1 Å². The summed E-state index contributed by atoms with van der Waals surface area (Å²) in [6.45, 7) is 6.69. The monoisotopic (exact) mass is 192 g/mol. The second-order valence-electron chi connectivity index (χ2n) is 5.31. The molecular formula is C13H20O. The normalized spacial score (nSPS) is 37.3. The minimum Gasteiger partial charge on any atom is -0.295 e. The first-order valence-electron chi connectivity index (χ1n) is 5.84. The SMILES string of the molecule is CC(C)C1=CC(=O)[C@@H]2CC[C@H](C)[C@@H]2C1. The van der Waals surface area contributed by atoms with Crippen molar-refractivity contribution in [3.05, 3.63) is 11.6 Å². The summed E-state index contributed by atoms with van der Waals surface area (Å²) in [5.41, 5.74) is 1.38. The highest BCUT2D eigenvalue weighted by Crippen LogP contribution is 2.44. The van der Waals surface area contributed by atoms with E-state index >= 15 is 0 Å². The molecule has 1 heteroatoms. The zero-order chi connectivity index (χ0) is 10.3. The minimum absolute atomic E-state index is 0.368. The third kappa shape index (κ3) is 1.53. The molecule has 1 saturated carbocycles. The first kappa shape index (κ1) is 9.95. The van der Waals surface area contributed by atoms with E-state index in [1.54, 1.807) is 0 Å². The Hall–Kier alpha value is -0.590. The molecule has 0 radical (unpaired) electrons. The van der Waals surface area contributed by atoms with Crippen LogP contribution in [-0.4, -0.2) is 5.78 Å². The fraction of sp³-hybridized carbons (Fsp3) is 0.769. The summed E-state index contributed by atoms with van der Waals surface area (Å²) in [6.07, 6.45) is 5.49. The van der Waals surface area contributed by atoms with Gasteiger partial charge in [-0.2, -0.15) is 0 Å². The first-order chi connectivity index (χ1) is 6.59. The van der Waals surface area contributed by atoms with E-state index in [9.17, 15) is 4.79 Å². The molecular weight excluding hydrogens is 172 g/mol. The molecule has 0 spiro atoms. The van der Waals surface area contributed by atoms with Crippen LogP contribution in [0.2, 0.25) is 0 Å². The van der Waals surface area contributed by atoms with Crippen molar-refractivity contribution >= 4 is 5.78 Å². The van der Waals surface area contributed by atoms with Gasteiger partial charge in [-0.1, -0.05) is 26.3 Å². The van der Waals surface area contributed by atoms with Crippen molar-refractivity contribution in [1.29, 1.82) is 0 Å². The highest BCUT2D eigenvalue weighted by atomic mass is 16.1. The number of carbonyl (C=O) groups excluding carboxylic acids is 1. The largest absolute Gasteiger partial charge is 0.295 e. The molecule has 1 nitrogen and oxygen atoms in total. The summed E-state index contributed by atoms with van der Waals surface area (Å²) < 4.78 is 0.